The first kappa shape index (κ1) is 16.1. The first-order chi connectivity index (χ1) is 11.4. The SMILES string of the molecule is COc1c(C(=O)Cc2ccc(N)cc2)ccc2c1C=CC(C)(C)O2. The van der Waals surface area contributed by atoms with Crippen LogP contribution in [0.3, 0.4) is 0 Å². The number of fused-ring (bicyclic) bond motifs is 1. The third-order valence-corrected chi connectivity index (χ3v) is 4.03. The number of nitrogens with two attached hydrogens (primary N) is 1. The Kier molecular flexibility index (Phi) is 4.06. The Balaban J connectivity index is 1.94. The standard InChI is InChI=1S/C20H21NO3/c1-20(2)11-10-16-18(24-20)9-8-15(19(16)23-3)17(22)12-13-4-6-14(21)7-5-13/h4-11H,12,21H2,1-3H3. The second kappa shape index (κ2) is 6.04. The molecule has 0 atom stereocenters. The second-order valence-electron chi connectivity index (χ2n) is 6.44. The van der Waals surface area contributed by atoms with Crippen molar-refractivity contribution in [2.75, 3.05) is 12.8 Å². The van der Waals surface area contributed by atoms with Crippen LogP contribution < -0.4 is 15.2 Å². The zero-order valence-electron chi connectivity index (χ0n) is 14.1. The number of carbonyl (C=O) groups excluding carboxylic acids is 1. The number of hydrogen-bond donors (Lipinski definition) is 1. The minimum Gasteiger partial charge on any atom is -0.495 e. The molecule has 1 aliphatic heterocycles. The van der Waals surface area contributed by atoms with E-state index in [1.54, 1.807) is 25.3 Å². The number of hydrogen-bond acceptors (Lipinski definition) is 4. The van der Waals surface area contributed by atoms with Gasteiger partial charge in [0.2, 0.25) is 0 Å². The van der Waals surface area contributed by atoms with E-state index in [1.807, 2.05) is 44.2 Å². The van der Waals surface area contributed by atoms with E-state index < -0.39 is 0 Å². The highest BCUT2D eigenvalue weighted by Crippen LogP contribution is 2.39. The summed E-state index contributed by atoms with van der Waals surface area (Å²) in [5.74, 6) is 1.28. The summed E-state index contributed by atoms with van der Waals surface area (Å²) in [5.41, 5.74) is 8.28. The number of ether oxygens (including phenoxy) is 2. The predicted octanol–water partition coefficient (Wildman–Crippen LogP) is 3.89. The number of rotatable bonds is 4. The first-order valence-corrected chi connectivity index (χ1v) is 7.86. The Bertz CT molecular complexity index is 804. The smallest absolute Gasteiger partial charge is 0.170 e. The lowest BCUT2D eigenvalue weighted by molar-refractivity contribution is 0.0989. The molecule has 0 spiro atoms. The summed E-state index contributed by atoms with van der Waals surface area (Å²) < 4.78 is 11.5. The van der Waals surface area contributed by atoms with Crippen LogP contribution in [0.15, 0.2) is 42.5 Å². The van der Waals surface area contributed by atoms with Gasteiger partial charge < -0.3 is 15.2 Å². The van der Waals surface area contributed by atoms with Crippen molar-refractivity contribution in [3.05, 3.63) is 59.2 Å². The van der Waals surface area contributed by atoms with Gasteiger partial charge >= 0.3 is 0 Å². The highest BCUT2D eigenvalue weighted by molar-refractivity contribution is 6.01. The van der Waals surface area contributed by atoms with Gasteiger partial charge in [-0.1, -0.05) is 12.1 Å². The van der Waals surface area contributed by atoms with E-state index >= 15 is 0 Å². The van der Waals surface area contributed by atoms with Gasteiger partial charge in [-0.25, -0.2) is 0 Å². The summed E-state index contributed by atoms with van der Waals surface area (Å²) in [7, 11) is 1.57. The van der Waals surface area contributed by atoms with Gasteiger partial charge in [0.05, 0.1) is 18.2 Å². The molecular weight excluding hydrogens is 302 g/mol. The molecule has 3 rings (SSSR count). The second-order valence-corrected chi connectivity index (χ2v) is 6.44. The Hall–Kier alpha value is -2.75. The fourth-order valence-electron chi connectivity index (χ4n) is 2.79. The average molecular weight is 323 g/mol. The number of nitrogen functional groups attached to an aromatic ring is 1. The molecule has 0 bridgehead atoms. The molecule has 0 aliphatic carbocycles. The summed E-state index contributed by atoms with van der Waals surface area (Å²) in [6.45, 7) is 3.97. The van der Waals surface area contributed by atoms with E-state index in [1.165, 1.54) is 0 Å². The molecule has 0 aromatic heterocycles. The van der Waals surface area contributed by atoms with Crippen molar-refractivity contribution in [3.8, 4) is 11.5 Å². The molecule has 2 N–H and O–H groups in total. The number of benzene rings is 2. The molecule has 24 heavy (non-hydrogen) atoms. The van der Waals surface area contributed by atoms with Crippen LogP contribution in [-0.2, 0) is 6.42 Å². The van der Waals surface area contributed by atoms with Crippen LogP contribution in [0.1, 0.15) is 35.3 Å². The highest BCUT2D eigenvalue weighted by atomic mass is 16.5. The number of carbonyl (C=O) groups is 1. The Labute approximate surface area is 141 Å². The lowest BCUT2D eigenvalue weighted by atomic mass is 9.96. The number of ketones is 1. The van der Waals surface area contributed by atoms with Gasteiger partial charge in [-0.15, -0.1) is 0 Å². The van der Waals surface area contributed by atoms with Crippen LogP contribution in [0.4, 0.5) is 5.69 Å². The van der Waals surface area contributed by atoms with Crippen LogP contribution in [0.25, 0.3) is 6.08 Å². The molecule has 124 valence electrons. The third kappa shape index (κ3) is 3.13. The molecule has 2 aromatic rings. The summed E-state index contributed by atoms with van der Waals surface area (Å²) in [6, 6.07) is 10.9. The molecule has 1 heterocycles. The van der Waals surface area contributed by atoms with Gasteiger partial charge in [0, 0.05) is 12.1 Å². The van der Waals surface area contributed by atoms with Crippen molar-refractivity contribution >= 4 is 17.5 Å². The minimum absolute atomic E-state index is 0.00217. The zero-order chi connectivity index (χ0) is 17.3. The van der Waals surface area contributed by atoms with Gasteiger partial charge in [0.1, 0.15) is 17.1 Å². The van der Waals surface area contributed by atoms with Crippen molar-refractivity contribution in [1.82, 2.24) is 0 Å². The van der Waals surface area contributed by atoms with Crippen molar-refractivity contribution in [1.29, 1.82) is 0 Å². The summed E-state index contributed by atoms with van der Waals surface area (Å²) in [5, 5.41) is 0. The molecule has 0 saturated heterocycles. The van der Waals surface area contributed by atoms with Crippen molar-refractivity contribution in [2.24, 2.45) is 0 Å². The molecule has 0 radical (unpaired) electrons. The maximum absolute atomic E-state index is 12.7. The molecule has 4 nitrogen and oxygen atoms in total. The quantitative estimate of drug-likeness (QED) is 0.685. The van der Waals surface area contributed by atoms with Crippen LogP contribution in [0, 0.1) is 0 Å². The van der Waals surface area contributed by atoms with Gasteiger partial charge in [-0.2, -0.15) is 0 Å². The van der Waals surface area contributed by atoms with E-state index in [-0.39, 0.29) is 11.4 Å². The largest absolute Gasteiger partial charge is 0.495 e. The van der Waals surface area contributed by atoms with Gasteiger partial charge in [-0.3, -0.25) is 4.79 Å². The zero-order valence-corrected chi connectivity index (χ0v) is 14.1. The number of anilines is 1. The Morgan fingerprint density at radius 2 is 1.88 bits per heavy atom. The summed E-state index contributed by atoms with van der Waals surface area (Å²) in [4.78, 5) is 12.7. The summed E-state index contributed by atoms with van der Waals surface area (Å²) in [6.07, 6.45) is 4.22. The topological polar surface area (TPSA) is 61.5 Å². The number of Topliss-reactive ketones (excluding diaryl/α,β-unsaturated/α-hetero) is 1. The van der Waals surface area contributed by atoms with Crippen LogP contribution >= 0.6 is 0 Å². The fraction of sp³-hybridized carbons (Fsp3) is 0.250. The van der Waals surface area contributed by atoms with Crippen LogP contribution in [0.5, 0.6) is 11.5 Å². The third-order valence-electron chi connectivity index (χ3n) is 4.03. The van der Waals surface area contributed by atoms with Crippen molar-refractivity contribution < 1.29 is 14.3 Å². The molecule has 0 amide bonds. The number of methoxy groups -OCH3 is 1. The van der Waals surface area contributed by atoms with Crippen LogP contribution in [-0.4, -0.2) is 18.5 Å². The van der Waals surface area contributed by atoms with E-state index in [0.29, 0.717) is 23.4 Å². The van der Waals surface area contributed by atoms with E-state index in [4.69, 9.17) is 15.2 Å². The normalized spacial score (nSPS) is 14.6. The average Bonchev–Trinajstić information content (AvgIpc) is 2.54. The molecule has 1 aliphatic rings. The maximum Gasteiger partial charge on any atom is 0.170 e. The molecule has 4 heteroatoms. The molecule has 0 unspecified atom stereocenters. The minimum atomic E-state index is -0.368. The molecule has 2 aromatic carbocycles. The van der Waals surface area contributed by atoms with E-state index in [0.717, 1.165) is 16.9 Å². The molecule has 0 saturated carbocycles. The maximum atomic E-state index is 12.7. The van der Waals surface area contributed by atoms with Gasteiger partial charge in [0.15, 0.2) is 5.78 Å². The lowest BCUT2D eigenvalue weighted by Crippen LogP contribution is -2.27. The Morgan fingerprint density at radius 1 is 1.17 bits per heavy atom. The highest BCUT2D eigenvalue weighted by Gasteiger charge is 2.26. The molecule has 0 fully saturated rings. The Morgan fingerprint density at radius 3 is 2.54 bits per heavy atom. The molecular formula is C20H21NO3. The van der Waals surface area contributed by atoms with Crippen molar-refractivity contribution in [2.45, 2.75) is 25.9 Å². The van der Waals surface area contributed by atoms with E-state index in [2.05, 4.69) is 0 Å². The lowest BCUT2D eigenvalue weighted by Gasteiger charge is -2.29. The van der Waals surface area contributed by atoms with Gasteiger partial charge in [-0.05, 0) is 55.8 Å². The monoisotopic (exact) mass is 323 g/mol. The van der Waals surface area contributed by atoms with Gasteiger partial charge in [0.25, 0.3) is 0 Å². The summed E-state index contributed by atoms with van der Waals surface area (Å²) >= 11 is 0. The van der Waals surface area contributed by atoms with E-state index in [9.17, 15) is 4.79 Å². The predicted molar refractivity (Wildman–Crippen MR) is 95.6 cm³/mol. The van der Waals surface area contributed by atoms with Crippen LogP contribution in [0.2, 0.25) is 0 Å². The van der Waals surface area contributed by atoms with Crippen molar-refractivity contribution in [3.63, 3.8) is 0 Å². The fourth-order valence-corrected chi connectivity index (χ4v) is 2.79. The first-order valence-electron chi connectivity index (χ1n) is 7.86.